The van der Waals surface area contributed by atoms with E-state index in [0.29, 0.717) is 31.1 Å². The largest absolute Gasteiger partial charge is 0.489 e. The molecule has 1 saturated heterocycles. The SMILES string of the molecule is Nc1cc(OCc2ccccc2)ccc1N1CCC(F)(F)CC1. The van der Waals surface area contributed by atoms with Crippen molar-refractivity contribution in [1.29, 1.82) is 0 Å². The van der Waals surface area contributed by atoms with Gasteiger partial charge in [-0.3, -0.25) is 0 Å². The lowest BCUT2D eigenvalue weighted by Gasteiger charge is -2.34. The molecule has 122 valence electrons. The van der Waals surface area contributed by atoms with Gasteiger partial charge in [0.1, 0.15) is 12.4 Å². The van der Waals surface area contributed by atoms with Crippen LogP contribution in [0.2, 0.25) is 0 Å². The molecule has 5 heteroatoms. The van der Waals surface area contributed by atoms with Gasteiger partial charge in [0.15, 0.2) is 0 Å². The summed E-state index contributed by atoms with van der Waals surface area (Å²) in [6.45, 7) is 1.11. The number of nitrogen functional groups attached to an aromatic ring is 1. The Morgan fingerprint density at radius 2 is 1.74 bits per heavy atom. The number of hydrogen-bond donors (Lipinski definition) is 1. The lowest BCUT2D eigenvalue weighted by atomic mass is 10.1. The highest BCUT2D eigenvalue weighted by Gasteiger charge is 2.34. The molecule has 3 rings (SSSR count). The highest BCUT2D eigenvalue weighted by atomic mass is 19.3. The van der Waals surface area contributed by atoms with Gasteiger partial charge in [0, 0.05) is 32.0 Å². The Bertz CT molecular complexity index is 651. The Kier molecular flexibility index (Phi) is 4.37. The molecule has 23 heavy (non-hydrogen) atoms. The molecule has 0 amide bonds. The summed E-state index contributed by atoms with van der Waals surface area (Å²) in [6, 6.07) is 15.3. The Hall–Kier alpha value is -2.30. The number of nitrogens with zero attached hydrogens (tertiary/aromatic N) is 1. The van der Waals surface area contributed by atoms with Gasteiger partial charge < -0.3 is 15.4 Å². The molecular weight excluding hydrogens is 298 g/mol. The summed E-state index contributed by atoms with van der Waals surface area (Å²) in [6.07, 6.45) is -0.253. The Morgan fingerprint density at radius 3 is 2.39 bits per heavy atom. The van der Waals surface area contributed by atoms with Gasteiger partial charge in [-0.1, -0.05) is 30.3 Å². The third-order valence-corrected chi connectivity index (χ3v) is 4.08. The number of halogens is 2. The molecule has 0 aliphatic carbocycles. The van der Waals surface area contributed by atoms with Crippen molar-refractivity contribution in [2.75, 3.05) is 23.7 Å². The predicted molar refractivity (Wildman–Crippen MR) is 88.0 cm³/mol. The zero-order valence-corrected chi connectivity index (χ0v) is 12.8. The summed E-state index contributed by atoms with van der Waals surface area (Å²) in [5, 5.41) is 0. The number of alkyl halides is 2. The average molecular weight is 318 g/mol. The van der Waals surface area contributed by atoms with E-state index in [2.05, 4.69) is 0 Å². The third kappa shape index (κ3) is 3.92. The maximum atomic E-state index is 13.2. The van der Waals surface area contributed by atoms with E-state index in [9.17, 15) is 8.78 Å². The third-order valence-electron chi connectivity index (χ3n) is 4.08. The highest BCUT2D eigenvalue weighted by Crippen LogP contribution is 2.34. The fourth-order valence-electron chi connectivity index (χ4n) is 2.73. The summed E-state index contributed by atoms with van der Waals surface area (Å²) in [5.41, 5.74) is 8.51. The van der Waals surface area contributed by atoms with Crippen molar-refractivity contribution in [2.45, 2.75) is 25.4 Å². The maximum Gasteiger partial charge on any atom is 0.251 e. The van der Waals surface area contributed by atoms with Crippen molar-refractivity contribution in [1.82, 2.24) is 0 Å². The van der Waals surface area contributed by atoms with Crippen LogP contribution in [0.15, 0.2) is 48.5 Å². The molecule has 1 aliphatic rings. The number of ether oxygens (including phenoxy) is 1. The summed E-state index contributed by atoms with van der Waals surface area (Å²) in [5.74, 6) is -1.87. The Labute approximate surface area is 134 Å². The van der Waals surface area contributed by atoms with Gasteiger partial charge in [0.25, 0.3) is 5.92 Å². The van der Waals surface area contributed by atoms with Crippen LogP contribution in [-0.2, 0) is 6.61 Å². The summed E-state index contributed by atoms with van der Waals surface area (Å²) < 4.78 is 32.2. The topological polar surface area (TPSA) is 38.5 Å². The molecule has 2 aromatic carbocycles. The quantitative estimate of drug-likeness (QED) is 0.863. The molecular formula is C18H20F2N2O. The van der Waals surface area contributed by atoms with E-state index in [4.69, 9.17) is 10.5 Å². The second-order valence-electron chi connectivity index (χ2n) is 5.84. The van der Waals surface area contributed by atoms with Crippen LogP contribution in [0.5, 0.6) is 5.75 Å². The van der Waals surface area contributed by atoms with Crippen LogP contribution >= 0.6 is 0 Å². The van der Waals surface area contributed by atoms with E-state index < -0.39 is 5.92 Å². The number of piperidine rings is 1. The van der Waals surface area contributed by atoms with Gasteiger partial charge in [0.05, 0.1) is 11.4 Å². The van der Waals surface area contributed by atoms with Gasteiger partial charge in [-0.15, -0.1) is 0 Å². The lowest BCUT2D eigenvalue weighted by Crippen LogP contribution is -2.39. The predicted octanol–water partition coefficient (Wildman–Crippen LogP) is 4.08. The molecule has 1 aliphatic heterocycles. The van der Waals surface area contributed by atoms with E-state index in [1.54, 1.807) is 6.07 Å². The van der Waals surface area contributed by atoms with Gasteiger partial charge >= 0.3 is 0 Å². The van der Waals surface area contributed by atoms with Crippen LogP contribution in [0.4, 0.5) is 20.2 Å². The van der Waals surface area contributed by atoms with Gasteiger partial charge in [0.2, 0.25) is 0 Å². The van der Waals surface area contributed by atoms with E-state index in [1.165, 1.54) is 0 Å². The minimum Gasteiger partial charge on any atom is -0.489 e. The van der Waals surface area contributed by atoms with Gasteiger partial charge in [-0.05, 0) is 17.7 Å². The number of anilines is 2. The summed E-state index contributed by atoms with van der Waals surface area (Å²) in [4.78, 5) is 1.91. The number of benzene rings is 2. The Balaban J connectivity index is 1.64. The highest BCUT2D eigenvalue weighted by molar-refractivity contribution is 5.69. The van der Waals surface area contributed by atoms with Crippen LogP contribution in [0, 0.1) is 0 Å². The second kappa shape index (κ2) is 6.44. The standard InChI is InChI=1S/C18H20F2N2O/c19-18(20)8-10-22(11-9-18)17-7-6-15(12-16(17)21)23-13-14-4-2-1-3-5-14/h1-7,12H,8-11,13,21H2. The lowest BCUT2D eigenvalue weighted by molar-refractivity contribution is -0.0220. The number of hydrogen-bond acceptors (Lipinski definition) is 3. The van der Waals surface area contributed by atoms with Gasteiger partial charge in [-0.2, -0.15) is 0 Å². The first-order chi connectivity index (χ1) is 11.0. The van der Waals surface area contributed by atoms with Crippen LogP contribution in [0.1, 0.15) is 18.4 Å². The number of rotatable bonds is 4. The van der Waals surface area contributed by atoms with Crippen molar-refractivity contribution < 1.29 is 13.5 Å². The van der Waals surface area contributed by atoms with E-state index >= 15 is 0 Å². The zero-order valence-electron chi connectivity index (χ0n) is 12.8. The molecule has 0 aromatic heterocycles. The molecule has 0 bridgehead atoms. The maximum absolute atomic E-state index is 13.2. The summed E-state index contributed by atoms with van der Waals surface area (Å²) >= 11 is 0. The first kappa shape index (κ1) is 15.6. The molecule has 0 atom stereocenters. The monoisotopic (exact) mass is 318 g/mol. The first-order valence-electron chi connectivity index (χ1n) is 7.72. The summed E-state index contributed by atoms with van der Waals surface area (Å²) in [7, 11) is 0. The van der Waals surface area contributed by atoms with Crippen LogP contribution in [-0.4, -0.2) is 19.0 Å². The van der Waals surface area contributed by atoms with E-state index in [0.717, 1.165) is 11.3 Å². The van der Waals surface area contributed by atoms with Crippen molar-refractivity contribution >= 4 is 11.4 Å². The van der Waals surface area contributed by atoms with Crippen LogP contribution < -0.4 is 15.4 Å². The Morgan fingerprint density at radius 1 is 1.04 bits per heavy atom. The van der Waals surface area contributed by atoms with E-state index in [-0.39, 0.29) is 12.8 Å². The molecule has 2 aromatic rings. The molecule has 0 spiro atoms. The molecule has 1 heterocycles. The van der Waals surface area contributed by atoms with Crippen molar-refractivity contribution in [3.8, 4) is 5.75 Å². The number of nitrogens with two attached hydrogens (primary N) is 1. The van der Waals surface area contributed by atoms with Crippen molar-refractivity contribution in [3.05, 3.63) is 54.1 Å². The second-order valence-corrected chi connectivity index (χ2v) is 5.84. The van der Waals surface area contributed by atoms with Crippen LogP contribution in [0.25, 0.3) is 0 Å². The normalized spacial score (nSPS) is 17.0. The van der Waals surface area contributed by atoms with Gasteiger partial charge in [-0.25, -0.2) is 8.78 Å². The minimum absolute atomic E-state index is 0.126. The van der Waals surface area contributed by atoms with Crippen molar-refractivity contribution in [2.24, 2.45) is 0 Å². The van der Waals surface area contributed by atoms with Crippen LogP contribution in [0.3, 0.4) is 0 Å². The average Bonchev–Trinajstić information content (AvgIpc) is 2.55. The molecule has 1 fully saturated rings. The smallest absolute Gasteiger partial charge is 0.251 e. The fraction of sp³-hybridized carbons (Fsp3) is 0.333. The molecule has 0 radical (unpaired) electrons. The molecule has 0 saturated carbocycles. The molecule has 2 N–H and O–H groups in total. The first-order valence-corrected chi connectivity index (χ1v) is 7.72. The molecule has 3 nitrogen and oxygen atoms in total. The van der Waals surface area contributed by atoms with E-state index in [1.807, 2.05) is 47.4 Å². The van der Waals surface area contributed by atoms with Crippen molar-refractivity contribution in [3.63, 3.8) is 0 Å². The fourth-order valence-corrected chi connectivity index (χ4v) is 2.73. The molecule has 0 unspecified atom stereocenters. The zero-order chi connectivity index (χ0) is 16.3. The minimum atomic E-state index is -2.55.